The molecular formula is C16H15Cl2N3OS. The van der Waals surface area contributed by atoms with Gasteiger partial charge >= 0.3 is 0 Å². The van der Waals surface area contributed by atoms with Crippen molar-refractivity contribution in [1.29, 1.82) is 0 Å². The second kappa shape index (κ2) is 6.15. The SMILES string of the molecule is Cc1cn2c(CN(C)C(=O)c3cccc(Cl)c3Cl)c(C)nc2s1. The van der Waals surface area contributed by atoms with E-state index in [4.69, 9.17) is 23.2 Å². The summed E-state index contributed by atoms with van der Waals surface area (Å²) >= 11 is 13.8. The summed E-state index contributed by atoms with van der Waals surface area (Å²) in [5, 5.41) is 0.662. The van der Waals surface area contributed by atoms with E-state index in [0.29, 0.717) is 17.1 Å². The number of amides is 1. The fourth-order valence-electron chi connectivity index (χ4n) is 2.47. The lowest BCUT2D eigenvalue weighted by Crippen LogP contribution is -2.27. The highest BCUT2D eigenvalue weighted by atomic mass is 35.5. The van der Waals surface area contributed by atoms with Gasteiger partial charge < -0.3 is 4.90 Å². The Morgan fingerprint density at radius 2 is 2.09 bits per heavy atom. The van der Waals surface area contributed by atoms with Crippen molar-refractivity contribution in [2.75, 3.05) is 7.05 Å². The number of aryl methyl sites for hydroxylation is 2. The molecule has 2 aromatic heterocycles. The zero-order valence-corrected chi connectivity index (χ0v) is 15.3. The first-order valence-electron chi connectivity index (χ1n) is 7.02. The van der Waals surface area contributed by atoms with E-state index in [1.54, 1.807) is 41.5 Å². The van der Waals surface area contributed by atoms with Gasteiger partial charge in [0.25, 0.3) is 5.91 Å². The van der Waals surface area contributed by atoms with Gasteiger partial charge in [0.1, 0.15) is 0 Å². The Balaban J connectivity index is 1.91. The van der Waals surface area contributed by atoms with Crippen LogP contribution < -0.4 is 0 Å². The van der Waals surface area contributed by atoms with E-state index in [0.717, 1.165) is 16.3 Å². The molecule has 0 atom stereocenters. The minimum Gasteiger partial charge on any atom is -0.336 e. The normalized spacial score (nSPS) is 11.2. The Kier molecular flexibility index (Phi) is 4.36. The van der Waals surface area contributed by atoms with Crippen LogP contribution in [0.5, 0.6) is 0 Å². The van der Waals surface area contributed by atoms with Crippen molar-refractivity contribution >= 4 is 45.4 Å². The van der Waals surface area contributed by atoms with Crippen LogP contribution in [0, 0.1) is 13.8 Å². The van der Waals surface area contributed by atoms with Crippen molar-refractivity contribution in [1.82, 2.24) is 14.3 Å². The highest BCUT2D eigenvalue weighted by Crippen LogP contribution is 2.27. The molecule has 23 heavy (non-hydrogen) atoms. The summed E-state index contributed by atoms with van der Waals surface area (Å²) in [7, 11) is 1.75. The number of imidazole rings is 1. The summed E-state index contributed by atoms with van der Waals surface area (Å²) in [6.07, 6.45) is 2.04. The van der Waals surface area contributed by atoms with Crippen LogP contribution >= 0.6 is 34.5 Å². The van der Waals surface area contributed by atoms with Crippen LogP contribution in [-0.2, 0) is 6.54 Å². The zero-order chi connectivity index (χ0) is 16.7. The van der Waals surface area contributed by atoms with E-state index in [9.17, 15) is 4.79 Å². The number of carbonyl (C=O) groups is 1. The number of rotatable bonds is 3. The van der Waals surface area contributed by atoms with Gasteiger partial charge in [0.05, 0.1) is 33.5 Å². The molecule has 0 N–H and O–H groups in total. The average molecular weight is 368 g/mol. The second-order valence-electron chi connectivity index (χ2n) is 5.40. The third-order valence-corrected chi connectivity index (χ3v) is 5.37. The average Bonchev–Trinajstić information content (AvgIpc) is 2.98. The zero-order valence-electron chi connectivity index (χ0n) is 12.9. The molecule has 0 saturated heterocycles. The van der Waals surface area contributed by atoms with Crippen LogP contribution in [0.15, 0.2) is 24.4 Å². The van der Waals surface area contributed by atoms with Crippen molar-refractivity contribution in [3.8, 4) is 0 Å². The molecule has 4 nitrogen and oxygen atoms in total. The Bertz CT molecular complexity index is 900. The summed E-state index contributed by atoms with van der Waals surface area (Å²) in [6.45, 7) is 4.44. The molecule has 0 radical (unpaired) electrons. The maximum Gasteiger partial charge on any atom is 0.255 e. The third-order valence-electron chi connectivity index (χ3n) is 3.66. The molecule has 1 aromatic carbocycles. The molecule has 7 heteroatoms. The molecule has 1 amide bonds. The van der Waals surface area contributed by atoms with Gasteiger partial charge in [-0.2, -0.15) is 0 Å². The molecule has 3 aromatic rings. The Morgan fingerprint density at radius 3 is 2.83 bits per heavy atom. The molecule has 0 unspecified atom stereocenters. The second-order valence-corrected chi connectivity index (χ2v) is 7.40. The smallest absolute Gasteiger partial charge is 0.255 e. The molecule has 0 spiro atoms. The molecular weight excluding hydrogens is 353 g/mol. The maximum atomic E-state index is 12.7. The van der Waals surface area contributed by atoms with E-state index >= 15 is 0 Å². The minimum absolute atomic E-state index is 0.168. The summed E-state index contributed by atoms with van der Waals surface area (Å²) in [6, 6.07) is 5.07. The Labute approximate surface area is 148 Å². The molecule has 0 saturated carbocycles. The lowest BCUT2D eigenvalue weighted by Gasteiger charge is -2.18. The van der Waals surface area contributed by atoms with E-state index in [-0.39, 0.29) is 10.9 Å². The molecule has 0 aliphatic carbocycles. The van der Waals surface area contributed by atoms with E-state index in [2.05, 4.69) is 4.98 Å². The molecule has 2 heterocycles. The number of nitrogens with zero attached hydrogens (tertiary/aromatic N) is 3. The van der Waals surface area contributed by atoms with Crippen LogP contribution in [0.2, 0.25) is 10.0 Å². The van der Waals surface area contributed by atoms with E-state index < -0.39 is 0 Å². The molecule has 0 bridgehead atoms. The van der Waals surface area contributed by atoms with Gasteiger partial charge in [-0.15, -0.1) is 11.3 Å². The highest BCUT2D eigenvalue weighted by Gasteiger charge is 2.20. The van der Waals surface area contributed by atoms with Gasteiger partial charge in [-0.1, -0.05) is 29.3 Å². The van der Waals surface area contributed by atoms with E-state index in [1.165, 1.54) is 4.88 Å². The summed E-state index contributed by atoms with van der Waals surface area (Å²) in [4.78, 5) is 20.9. The number of carbonyl (C=O) groups excluding carboxylic acids is 1. The quantitative estimate of drug-likeness (QED) is 0.678. The van der Waals surface area contributed by atoms with Crippen molar-refractivity contribution in [2.45, 2.75) is 20.4 Å². The molecule has 0 fully saturated rings. The first-order chi connectivity index (χ1) is 10.9. The van der Waals surface area contributed by atoms with Gasteiger partial charge in [-0.05, 0) is 26.0 Å². The Hall–Kier alpha value is -1.56. The maximum absolute atomic E-state index is 12.7. The number of hydrogen-bond donors (Lipinski definition) is 0. The summed E-state index contributed by atoms with van der Waals surface area (Å²) < 4.78 is 2.04. The lowest BCUT2D eigenvalue weighted by atomic mass is 10.2. The van der Waals surface area contributed by atoms with Gasteiger partial charge in [0.15, 0.2) is 4.96 Å². The largest absolute Gasteiger partial charge is 0.336 e. The predicted molar refractivity (Wildman–Crippen MR) is 94.8 cm³/mol. The first kappa shape index (κ1) is 16.3. The van der Waals surface area contributed by atoms with Crippen LogP contribution in [0.1, 0.15) is 26.6 Å². The van der Waals surface area contributed by atoms with Crippen molar-refractivity contribution in [3.05, 3.63) is 56.3 Å². The Morgan fingerprint density at radius 1 is 1.35 bits per heavy atom. The highest BCUT2D eigenvalue weighted by molar-refractivity contribution is 7.17. The van der Waals surface area contributed by atoms with Gasteiger partial charge in [0, 0.05) is 18.1 Å². The number of hydrogen-bond acceptors (Lipinski definition) is 3. The van der Waals surface area contributed by atoms with Gasteiger partial charge in [-0.25, -0.2) is 4.98 Å². The van der Waals surface area contributed by atoms with Gasteiger partial charge in [-0.3, -0.25) is 9.20 Å². The summed E-state index contributed by atoms with van der Waals surface area (Å²) in [5.74, 6) is -0.168. The number of benzene rings is 1. The monoisotopic (exact) mass is 367 g/mol. The standard InChI is InChI=1S/C16H15Cl2N3OS/c1-9-7-21-13(10(2)19-16(21)23-9)8-20(3)15(22)11-5-4-6-12(17)14(11)18/h4-7H,8H2,1-3H3. The summed E-state index contributed by atoms with van der Waals surface area (Å²) in [5.41, 5.74) is 2.33. The third kappa shape index (κ3) is 2.96. The number of thiazole rings is 1. The van der Waals surface area contributed by atoms with Crippen LogP contribution in [0.25, 0.3) is 4.96 Å². The lowest BCUT2D eigenvalue weighted by molar-refractivity contribution is 0.0783. The fraction of sp³-hybridized carbons (Fsp3) is 0.250. The van der Waals surface area contributed by atoms with Crippen molar-refractivity contribution < 1.29 is 4.79 Å². The molecule has 0 aliphatic heterocycles. The van der Waals surface area contributed by atoms with Crippen molar-refractivity contribution in [3.63, 3.8) is 0 Å². The van der Waals surface area contributed by atoms with Crippen LogP contribution in [-0.4, -0.2) is 27.2 Å². The predicted octanol–water partition coefficient (Wildman–Crippen LogP) is 4.59. The molecule has 3 rings (SSSR count). The minimum atomic E-state index is -0.168. The first-order valence-corrected chi connectivity index (χ1v) is 8.59. The number of halogens is 2. The van der Waals surface area contributed by atoms with E-state index in [1.807, 2.05) is 24.4 Å². The number of aromatic nitrogens is 2. The topological polar surface area (TPSA) is 37.6 Å². The number of fused-ring (bicyclic) bond motifs is 1. The van der Waals surface area contributed by atoms with Crippen LogP contribution in [0.3, 0.4) is 0 Å². The van der Waals surface area contributed by atoms with Crippen molar-refractivity contribution in [2.24, 2.45) is 0 Å². The molecule has 0 aliphatic rings. The fourth-order valence-corrected chi connectivity index (χ4v) is 3.74. The van der Waals surface area contributed by atoms with Crippen LogP contribution in [0.4, 0.5) is 0 Å². The van der Waals surface area contributed by atoms with Gasteiger partial charge in [0.2, 0.25) is 0 Å². The molecule has 120 valence electrons.